The molecule has 98 valence electrons. The normalized spacial score (nSPS) is 14.6. The minimum atomic E-state index is 0.744. The first-order valence-electron chi connectivity index (χ1n) is 6.56. The van der Waals surface area contributed by atoms with Crippen LogP contribution in [-0.4, -0.2) is 6.04 Å². The summed E-state index contributed by atoms with van der Waals surface area (Å²) in [4.78, 5) is 2.63. The SMILES string of the molecule is Brc1ccc(Sc2ccccc2)c(CNC2CC2)c1. The Morgan fingerprint density at radius 2 is 1.89 bits per heavy atom. The van der Waals surface area contributed by atoms with Crippen LogP contribution in [0.15, 0.2) is 62.8 Å². The zero-order valence-corrected chi connectivity index (χ0v) is 13.0. The van der Waals surface area contributed by atoms with Crippen LogP contribution in [-0.2, 0) is 6.54 Å². The highest BCUT2D eigenvalue weighted by molar-refractivity contribution is 9.10. The summed E-state index contributed by atoms with van der Waals surface area (Å²) in [5.74, 6) is 0. The van der Waals surface area contributed by atoms with Gasteiger partial charge in [0, 0.05) is 26.9 Å². The highest BCUT2D eigenvalue weighted by Crippen LogP contribution is 2.32. The Kier molecular flexibility index (Phi) is 4.26. The summed E-state index contributed by atoms with van der Waals surface area (Å²) in [5.41, 5.74) is 1.37. The fourth-order valence-electron chi connectivity index (χ4n) is 1.94. The van der Waals surface area contributed by atoms with E-state index in [1.807, 2.05) is 11.8 Å². The van der Waals surface area contributed by atoms with Gasteiger partial charge in [-0.1, -0.05) is 45.9 Å². The second-order valence-electron chi connectivity index (χ2n) is 4.82. The van der Waals surface area contributed by atoms with E-state index >= 15 is 0 Å². The van der Waals surface area contributed by atoms with Crippen molar-refractivity contribution in [3.8, 4) is 0 Å². The lowest BCUT2D eigenvalue weighted by Crippen LogP contribution is -2.15. The number of hydrogen-bond donors (Lipinski definition) is 1. The maximum absolute atomic E-state index is 3.59. The maximum Gasteiger partial charge on any atom is 0.0219 e. The molecule has 0 aromatic heterocycles. The summed E-state index contributed by atoms with van der Waals surface area (Å²) in [6.07, 6.45) is 2.66. The van der Waals surface area contributed by atoms with E-state index in [2.05, 4.69) is 69.8 Å². The van der Waals surface area contributed by atoms with E-state index in [9.17, 15) is 0 Å². The van der Waals surface area contributed by atoms with Gasteiger partial charge in [-0.25, -0.2) is 0 Å². The minimum Gasteiger partial charge on any atom is -0.310 e. The lowest BCUT2D eigenvalue weighted by Gasteiger charge is -2.10. The first-order valence-corrected chi connectivity index (χ1v) is 8.17. The van der Waals surface area contributed by atoms with Crippen molar-refractivity contribution in [1.82, 2.24) is 5.32 Å². The van der Waals surface area contributed by atoms with Gasteiger partial charge in [-0.05, 0) is 48.7 Å². The standard InChI is InChI=1S/C16H16BrNS/c17-13-6-9-16(19-15-4-2-1-3-5-15)12(10-13)11-18-14-7-8-14/h1-6,9-10,14,18H,7-8,11H2. The third-order valence-electron chi connectivity index (χ3n) is 3.15. The smallest absolute Gasteiger partial charge is 0.0219 e. The molecule has 19 heavy (non-hydrogen) atoms. The van der Waals surface area contributed by atoms with E-state index in [0.29, 0.717) is 0 Å². The van der Waals surface area contributed by atoms with Gasteiger partial charge in [0.15, 0.2) is 0 Å². The van der Waals surface area contributed by atoms with Crippen LogP contribution < -0.4 is 5.32 Å². The molecule has 3 heteroatoms. The van der Waals surface area contributed by atoms with Gasteiger partial charge >= 0.3 is 0 Å². The van der Waals surface area contributed by atoms with Gasteiger partial charge in [-0.2, -0.15) is 0 Å². The molecule has 3 rings (SSSR count). The van der Waals surface area contributed by atoms with Crippen LogP contribution in [0.4, 0.5) is 0 Å². The molecule has 0 aliphatic heterocycles. The van der Waals surface area contributed by atoms with E-state index in [4.69, 9.17) is 0 Å². The van der Waals surface area contributed by atoms with Crippen molar-refractivity contribution >= 4 is 27.7 Å². The fraction of sp³-hybridized carbons (Fsp3) is 0.250. The zero-order valence-electron chi connectivity index (χ0n) is 10.6. The number of benzene rings is 2. The molecule has 0 amide bonds. The zero-order chi connectivity index (χ0) is 13.1. The molecule has 0 atom stereocenters. The van der Waals surface area contributed by atoms with E-state index < -0.39 is 0 Å². The number of hydrogen-bond acceptors (Lipinski definition) is 2. The Hall–Kier alpha value is -0.770. The van der Waals surface area contributed by atoms with Gasteiger partial charge in [0.05, 0.1) is 0 Å². The molecule has 0 radical (unpaired) electrons. The molecule has 2 aromatic rings. The van der Waals surface area contributed by atoms with Crippen molar-refractivity contribution in [2.45, 2.75) is 35.2 Å². The van der Waals surface area contributed by atoms with E-state index in [-0.39, 0.29) is 0 Å². The number of rotatable bonds is 5. The maximum atomic E-state index is 3.59. The Morgan fingerprint density at radius 1 is 1.11 bits per heavy atom. The summed E-state index contributed by atoms with van der Waals surface area (Å²) in [6.45, 7) is 0.958. The molecule has 2 aromatic carbocycles. The van der Waals surface area contributed by atoms with Gasteiger partial charge in [0.2, 0.25) is 0 Å². The minimum absolute atomic E-state index is 0.744. The summed E-state index contributed by atoms with van der Waals surface area (Å²) in [7, 11) is 0. The molecular formula is C16H16BrNS. The predicted molar refractivity (Wildman–Crippen MR) is 84.6 cm³/mol. The second-order valence-corrected chi connectivity index (χ2v) is 6.85. The average molecular weight is 334 g/mol. The molecule has 1 nitrogen and oxygen atoms in total. The van der Waals surface area contributed by atoms with Crippen LogP contribution in [0, 0.1) is 0 Å². The quantitative estimate of drug-likeness (QED) is 0.839. The molecule has 1 aliphatic rings. The van der Waals surface area contributed by atoms with Crippen molar-refractivity contribution in [3.05, 3.63) is 58.6 Å². The molecule has 1 N–H and O–H groups in total. The Morgan fingerprint density at radius 3 is 2.63 bits per heavy atom. The van der Waals surface area contributed by atoms with Crippen LogP contribution in [0.5, 0.6) is 0 Å². The monoisotopic (exact) mass is 333 g/mol. The largest absolute Gasteiger partial charge is 0.310 e. The summed E-state index contributed by atoms with van der Waals surface area (Å²) >= 11 is 5.40. The topological polar surface area (TPSA) is 12.0 Å². The molecule has 1 aliphatic carbocycles. The van der Waals surface area contributed by atoms with Crippen molar-refractivity contribution in [2.75, 3.05) is 0 Å². The lowest BCUT2D eigenvalue weighted by atomic mass is 10.2. The molecule has 0 bridgehead atoms. The lowest BCUT2D eigenvalue weighted by molar-refractivity contribution is 0.680. The van der Waals surface area contributed by atoms with E-state index in [1.165, 1.54) is 28.2 Å². The van der Waals surface area contributed by atoms with Gasteiger partial charge in [-0.3, -0.25) is 0 Å². The van der Waals surface area contributed by atoms with Gasteiger partial charge in [0.1, 0.15) is 0 Å². The summed E-state index contributed by atoms with van der Waals surface area (Å²) in [5, 5.41) is 3.59. The van der Waals surface area contributed by atoms with Crippen LogP contribution >= 0.6 is 27.7 Å². The molecular weight excluding hydrogens is 318 g/mol. The molecule has 1 fully saturated rings. The van der Waals surface area contributed by atoms with Crippen molar-refractivity contribution in [3.63, 3.8) is 0 Å². The van der Waals surface area contributed by atoms with Crippen LogP contribution in [0.2, 0.25) is 0 Å². The third-order valence-corrected chi connectivity index (χ3v) is 4.77. The molecule has 0 saturated heterocycles. The highest BCUT2D eigenvalue weighted by atomic mass is 79.9. The van der Waals surface area contributed by atoms with Crippen molar-refractivity contribution in [2.24, 2.45) is 0 Å². The second kappa shape index (κ2) is 6.12. The van der Waals surface area contributed by atoms with Gasteiger partial charge < -0.3 is 5.32 Å². The average Bonchev–Trinajstić information content (AvgIpc) is 3.24. The first kappa shape index (κ1) is 13.2. The van der Waals surface area contributed by atoms with Gasteiger partial charge in [-0.15, -0.1) is 0 Å². The van der Waals surface area contributed by atoms with Crippen LogP contribution in [0.25, 0.3) is 0 Å². The van der Waals surface area contributed by atoms with E-state index in [1.54, 1.807) is 0 Å². The predicted octanol–water partition coefficient (Wildman–Crippen LogP) is 4.85. The summed E-state index contributed by atoms with van der Waals surface area (Å²) < 4.78 is 1.15. The Balaban J connectivity index is 1.78. The molecule has 1 saturated carbocycles. The third kappa shape index (κ3) is 3.85. The number of halogens is 1. The molecule has 0 heterocycles. The van der Waals surface area contributed by atoms with Gasteiger partial charge in [0.25, 0.3) is 0 Å². The Bertz CT molecular complexity index is 552. The fourth-order valence-corrected chi connectivity index (χ4v) is 3.30. The van der Waals surface area contributed by atoms with E-state index in [0.717, 1.165) is 17.1 Å². The molecule has 0 unspecified atom stereocenters. The van der Waals surface area contributed by atoms with Crippen LogP contribution in [0.1, 0.15) is 18.4 Å². The highest BCUT2D eigenvalue weighted by Gasteiger charge is 2.20. The first-order chi connectivity index (χ1) is 9.31. The van der Waals surface area contributed by atoms with Crippen LogP contribution in [0.3, 0.4) is 0 Å². The van der Waals surface area contributed by atoms with Crippen molar-refractivity contribution in [1.29, 1.82) is 0 Å². The Labute approximate surface area is 126 Å². The summed E-state index contributed by atoms with van der Waals surface area (Å²) in [6, 6.07) is 17.8. The number of nitrogens with one attached hydrogen (secondary N) is 1. The molecule has 0 spiro atoms. The van der Waals surface area contributed by atoms with Crippen molar-refractivity contribution < 1.29 is 0 Å².